The predicted molar refractivity (Wildman–Crippen MR) is 95.5 cm³/mol. The highest BCUT2D eigenvalue weighted by Gasteiger charge is 2.34. The van der Waals surface area contributed by atoms with Crippen LogP contribution in [0.4, 0.5) is 0 Å². The Morgan fingerprint density at radius 3 is 2.80 bits per heavy atom. The number of hydrogen-bond donors (Lipinski definition) is 1. The van der Waals surface area contributed by atoms with Crippen molar-refractivity contribution >= 4 is 16.9 Å². The number of pyridine rings is 1. The summed E-state index contributed by atoms with van der Waals surface area (Å²) in [6, 6.07) is 11.2. The highest BCUT2D eigenvalue weighted by atomic mass is 16.2. The second kappa shape index (κ2) is 5.88. The van der Waals surface area contributed by atoms with Crippen molar-refractivity contribution in [1.82, 2.24) is 19.4 Å². The number of H-pyrrole nitrogens is 1. The molecule has 1 aromatic carbocycles. The zero-order chi connectivity index (χ0) is 17.6. The van der Waals surface area contributed by atoms with Crippen LogP contribution in [-0.2, 0) is 7.05 Å². The molecule has 2 aromatic heterocycles. The third-order valence-corrected chi connectivity index (χ3v) is 4.92. The number of nitrogens with zero attached hydrogens (tertiary/aromatic N) is 3. The molecular formula is C19H20N4O2. The van der Waals surface area contributed by atoms with E-state index >= 15 is 0 Å². The second-order valence-corrected chi connectivity index (χ2v) is 6.56. The Bertz CT molecular complexity index is 1020. The van der Waals surface area contributed by atoms with Gasteiger partial charge in [0.25, 0.3) is 11.5 Å². The highest BCUT2D eigenvalue weighted by Crippen LogP contribution is 2.33. The molecule has 3 aromatic rings. The van der Waals surface area contributed by atoms with E-state index in [1.807, 2.05) is 35.9 Å². The van der Waals surface area contributed by atoms with Crippen molar-refractivity contribution < 1.29 is 4.79 Å². The Morgan fingerprint density at radius 1 is 1.24 bits per heavy atom. The molecule has 0 bridgehead atoms. The average Bonchev–Trinajstić information content (AvgIpc) is 3.19. The summed E-state index contributed by atoms with van der Waals surface area (Å²) in [5.74, 6) is 0.645. The molecule has 1 N–H and O–H groups in total. The third kappa shape index (κ3) is 2.54. The molecule has 6 heteroatoms. The smallest absolute Gasteiger partial charge is 0.260 e. The van der Waals surface area contributed by atoms with Gasteiger partial charge in [0, 0.05) is 19.3 Å². The molecule has 25 heavy (non-hydrogen) atoms. The molecule has 1 aliphatic heterocycles. The van der Waals surface area contributed by atoms with Crippen LogP contribution < -0.4 is 5.56 Å². The zero-order valence-electron chi connectivity index (χ0n) is 14.3. The summed E-state index contributed by atoms with van der Waals surface area (Å²) in [4.78, 5) is 34.3. The third-order valence-electron chi connectivity index (χ3n) is 4.92. The van der Waals surface area contributed by atoms with E-state index in [0.717, 1.165) is 35.4 Å². The molecule has 0 spiro atoms. The molecule has 0 aliphatic carbocycles. The fourth-order valence-corrected chi connectivity index (χ4v) is 3.64. The monoisotopic (exact) mass is 336 g/mol. The quantitative estimate of drug-likeness (QED) is 0.782. The fourth-order valence-electron chi connectivity index (χ4n) is 3.64. The zero-order valence-corrected chi connectivity index (χ0v) is 14.3. The van der Waals surface area contributed by atoms with E-state index in [1.54, 1.807) is 24.0 Å². The van der Waals surface area contributed by atoms with Crippen LogP contribution in [0.3, 0.4) is 0 Å². The number of aryl methyl sites for hydroxylation is 2. The molecule has 1 aliphatic rings. The summed E-state index contributed by atoms with van der Waals surface area (Å²) in [5.41, 5.74) is 2.57. The Kier molecular flexibility index (Phi) is 3.67. The van der Waals surface area contributed by atoms with Crippen LogP contribution in [0.2, 0.25) is 0 Å². The van der Waals surface area contributed by atoms with Crippen LogP contribution in [0.1, 0.15) is 40.8 Å². The summed E-state index contributed by atoms with van der Waals surface area (Å²) in [6.45, 7) is 2.44. The largest absolute Gasteiger partial charge is 0.329 e. The number of hydrogen-bond acceptors (Lipinski definition) is 3. The number of para-hydroxylation sites is 2. The lowest BCUT2D eigenvalue weighted by Gasteiger charge is -2.24. The summed E-state index contributed by atoms with van der Waals surface area (Å²) < 4.78 is 2.05. The van der Waals surface area contributed by atoms with Crippen LogP contribution >= 0.6 is 0 Å². The maximum Gasteiger partial charge on any atom is 0.260 e. The van der Waals surface area contributed by atoms with Gasteiger partial charge in [-0.05, 0) is 44.0 Å². The second-order valence-electron chi connectivity index (χ2n) is 6.56. The molecule has 1 atom stereocenters. The van der Waals surface area contributed by atoms with E-state index < -0.39 is 0 Å². The molecule has 0 unspecified atom stereocenters. The van der Waals surface area contributed by atoms with Gasteiger partial charge in [0.2, 0.25) is 0 Å². The van der Waals surface area contributed by atoms with Crippen LogP contribution in [0.25, 0.3) is 11.0 Å². The van der Waals surface area contributed by atoms with E-state index in [9.17, 15) is 9.59 Å². The maximum absolute atomic E-state index is 13.0. The lowest BCUT2D eigenvalue weighted by molar-refractivity contribution is 0.0726. The number of likely N-dealkylation sites (tertiary alicyclic amines) is 1. The molecule has 4 rings (SSSR count). The van der Waals surface area contributed by atoms with Crippen LogP contribution in [-0.4, -0.2) is 31.9 Å². The topological polar surface area (TPSA) is 71.0 Å². The molecule has 3 heterocycles. The maximum atomic E-state index is 13.0. The molecule has 0 saturated carbocycles. The summed E-state index contributed by atoms with van der Waals surface area (Å²) in [6.07, 6.45) is 1.76. The standard InChI is InChI=1S/C19H20N4O2/c1-12-9-10-13(18(24)20-12)19(25)23-11-5-8-16(23)17-21-14-6-3-4-7-15(14)22(17)2/h3-4,6-7,9-10,16H,5,8,11H2,1-2H3,(H,20,24)/t16-/m0/s1. The summed E-state index contributed by atoms with van der Waals surface area (Å²) >= 11 is 0. The van der Waals surface area contributed by atoms with Gasteiger partial charge in [0.15, 0.2) is 0 Å². The molecular weight excluding hydrogens is 316 g/mol. The van der Waals surface area contributed by atoms with Gasteiger partial charge in [-0.25, -0.2) is 4.98 Å². The van der Waals surface area contributed by atoms with Crippen molar-refractivity contribution in [1.29, 1.82) is 0 Å². The minimum Gasteiger partial charge on any atom is -0.329 e. The number of aromatic amines is 1. The number of imidazole rings is 1. The Labute approximate surface area is 145 Å². The fraction of sp³-hybridized carbons (Fsp3) is 0.316. The molecule has 1 saturated heterocycles. The van der Waals surface area contributed by atoms with E-state index in [0.29, 0.717) is 6.54 Å². The predicted octanol–water partition coefficient (Wildman–Crippen LogP) is 2.55. The number of aromatic nitrogens is 3. The van der Waals surface area contributed by atoms with Gasteiger partial charge in [0.05, 0.1) is 17.1 Å². The van der Waals surface area contributed by atoms with E-state index in [2.05, 4.69) is 4.98 Å². The minimum absolute atomic E-state index is 0.106. The number of carbonyl (C=O) groups excluding carboxylic acids is 1. The summed E-state index contributed by atoms with van der Waals surface area (Å²) in [5, 5.41) is 0. The van der Waals surface area contributed by atoms with Gasteiger partial charge >= 0.3 is 0 Å². The lowest BCUT2D eigenvalue weighted by atomic mass is 10.1. The first kappa shape index (κ1) is 15.6. The van der Waals surface area contributed by atoms with Crippen molar-refractivity contribution in [2.45, 2.75) is 25.8 Å². The van der Waals surface area contributed by atoms with Gasteiger partial charge in [-0.15, -0.1) is 0 Å². The normalized spacial score (nSPS) is 17.4. The van der Waals surface area contributed by atoms with Crippen molar-refractivity contribution in [2.24, 2.45) is 7.05 Å². The molecule has 0 radical (unpaired) electrons. The molecule has 6 nitrogen and oxygen atoms in total. The van der Waals surface area contributed by atoms with E-state index in [1.165, 1.54) is 0 Å². The number of rotatable bonds is 2. The van der Waals surface area contributed by atoms with E-state index in [4.69, 9.17) is 4.98 Å². The first-order valence-electron chi connectivity index (χ1n) is 8.48. The number of benzene rings is 1. The first-order valence-corrected chi connectivity index (χ1v) is 8.48. The van der Waals surface area contributed by atoms with Crippen molar-refractivity contribution in [3.63, 3.8) is 0 Å². The van der Waals surface area contributed by atoms with Gasteiger partial charge in [-0.3, -0.25) is 9.59 Å². The number of fused-ring (bicyclic) bond motifs is 1. The number of amides is 1. The molecule has 1 amide bonds. The van der Waals surface area contributed by atoms with Gasteiger partial charge in [0.1, 0.15) is 11.4 Å². The van der Waals surface area contributed by atoms with Crippen molar-refractivity contribution in [3.05, 3.63) is 63.8 Å². The van der Waals surface area contributed by atoms with Crippen molar-refractivity contribution in [2.75, 3.05) is 6.54 Å². The van der Waals surface area contributed by atoms with Gasteiger partial charge in [-0.1, -0.05) is 12.1 Å². The Balaban J connectivity index is 1.73. The molecule has 128 valence electrons. The van der Waals surface area contributed by atoms with Gasteiger partial charge < -0.3 is 14.5 Å². The highest BCUT2D eigenvalue weighted by molar-refractivity contribution is 5.94. The Hall–Kier alpha value is -2.89. The average molecular weight is 336 g/mol. The van der Waals surface area contributed by atoms with Crippen molar-refractivity contribution in [3.8, 4) is 0 Å². The number of nitrogens with one attached hydrogen (secondary N) is 1. The Morgan fingerprint density at radius 2 is 2.04 bits per heavy atom. The lowest BCUT2D eigenvalue weighted by Crippen LogP contribution is -2.35. The minimum atomic E-state index is -0.333. The van der Waals surface area contributed by atoms with Crippen LogP contribution in [0, 0.1) is 6.92 Å². The molecule has 1 fully saturated rings. The van der Waals surface area contributed by atoms with Gasteiger partial charge in [-0.2, -0.15) is 0 Å². The van der Waals surface area contributed by atoms with Crippen LogP contribution in [0.5, 0.6) is 0 Å². The summed E-state index contributed by atoms with van der Waals surface area (Å²) in [7, 11) is 1.98. The first-order chi connectivity index (χ1) is 12.1. The van der Waals surface area contributed by atoms with E-state index in [-0.39, 0.29) is 23.1 Å². The van der Waals surface area contributed by atoms with Crippen LogP contribution in [0.15, 0.2) is 41.2 Å². The number of carbonyl (C=O) groups is 1. The SMILES string of the molecule is Cc1ccc(C(=O)N2CCC[C@H]2c2nc3ccccc3n2C)c(=O)[nH]1.